The van der Waals surface area contributed by atoms with Crippen LogP contribution in [0.3, 0.4) is 0 Å². The number of anilines is 3. The van der Waals surface area contributed by atoms with Gasteiger partial charge in [0.05, 0.1) is 6.61 Å². The lowest BCUT2D eigenvalue weighted by molar-refractivity contribution is -0.153. The maximum absolute atomic E-state index is 13.6. The monoisotopic (exact) mass is 667 g/mol. The van der Waals surface area contributed by atoms with E-state index in [9.17, 15) is 22.8 Å². The van der Waals surface area contributed by atoms with Gasteiger partial charge in [-0.25, -0.2) is 4.79 Å². The number of carbonyl (C=O) groups is 2. The highest BCUT2D eigenvalue weighted by molar-refractivity contribution is 5.92. The minimum atomic E-state index is -4.53. The summed E-state index contributed by atoms with van der Waals surface area (Å²) in [5.74, 6) is -0.113. The van der Waals surface area contributed by atoms with Crippen molar-refractivity contribution in [2.75, 3.05) is 48.7 Å². The Morgan fingerprint density at radius 3 is 2.17 bits per heavy atom. The molecule has 3 aromatic carbocycles. The molecule has 4 rings (SSSR count). The van der Waals surface area contributed by atoms with Gasteiger partial charge in [-0.05, 0) is 84.2 Å². The molecule has 0 unspecified atom stereocenters. The smallest absolute Gasteiger partial charge is 0.397 e. The van der Waals surface area contributed by atoms with Gasteiger partial charge in [0.15, 0.2) is 0 Å². The fourth-order valence-corrected chi connectivity index (χ4v) is 6.22. The molecule has 3 amide bonds. The molecule has 5 N–H and O–H groups in total. The summed E-state index contributed by atoms with van der Waals surface area (Å²) in [5, 5.41) is 8.62. The van der Waals surface area contributed by atoms with Gasteiger partial charge in [0.1, 0.15) is 12.2 Å². The number of amides is 3. The van der Waals surface area contributed by atoms with E-state index in [4.69, 9.17) is 10.5 Å². The highest BCUT2D eigenvalue weighted by Crippen LogP contribution is 2.39. The number of rotatable bonds is 13. The molecule has 0 aromatic heterocycles. The lowest BCUT2D eigenvalue weighted by atomic mass is 9.72. The molecular formula is C37H48F3N5O3. The van der Waals surface area contributed by atoms with Gasteiger partial charge in [-0.3, -0.25) is 4.79 Å². The molecule has 1 heterocycles. The summed E-state index contributed by atoms with van der Waals surface area (Å²) in [6.45, 7) is 10.6. The summed E-state index contributed by atoms with van der Waals surface area (Å²) in [4.78, 5) is 27.4. The molecule has 1 aliphatic heterocycles. The number of carbonyl (C=O) groups excluding carboxylic acids is 2. The number of urea groups is 1. The maximum Gasteiger partial charge on any atom is 0.397 e. The Kier molecular flexibility index (Phi) is 12.2. The Labute approximate surface area is 281 Å². The van der Waals surface area contributed by atoms with E-state index in [0.29, 0.717) is 24.4 Å². The van der Waals surface area contributed by atoms with Gasteiger partial charge in [-0.15, -0.1) is 0 Å². The third-order valence-corrected chi connectivity index (χ3v) is 8.85. The van der Waals surface area contributed by atoms with Crippen molar-refractivity contribution in [1.82, 2.24) is 10.6 Å². The van der Waals surface area contributed by atoms with Crippen LogP contribution in [0.25, 0.3) is 0 Å². The number of hydrogen-bond acceptors (Lipinski definition) is 5. The molecule has 0 spiro atoms. The average molecular weight is 668 g/mol. The van der Waals surface area contributed by atoms with Gasteiger partial charge in [0.25, 0.3) is 0 Å². The van der Waals surface area contributed by atoms with Crippen LogP contribution in [0.5, 0.6) is 5.75 Å². The second-order valence-electron chi connectivity index (χ2n) is 13.2. The first kappa shape index (κ1) is 36.4. The predicted octanol–water partition coefficient (Wildman–Crippen LogP) is 7.71. The van der Waals surface area contributed by atoms with Crippen molar-refractivity contribution in [3.8, 4) is 5.75 Å². The first-order valence-electron chi connectivity index (χ1n) is 16.6. The summed E-state index contributed by atoms with van der Waals surface area (Å²) in [5.41, 5.74) is 11.5. The largest absolute Gasteiger partial charge is 0.494 e. The van der Waals surface area contributed by atoms with E-state index in [2.05, 4.69) is 66.7 Å². The number of halogens is 3. The SMILES string of the molecule is CC(C)c1cc(N)cc(C(C)C)c1NC(=O)NCC1(c2cccc(OCCCNC(=O)CC(F)(F)F)c2)CCN(c2ccccc2)CC1. The molecule has 3 aromatic rings. The molecule has 0 atom stereocenters. The molecule has 0 bridgehead atoms. The summed E-state index contributed by atoms with van der Waals surface area (Å²) < 4.78 is 43.2. The van der Waals surface area contributed by atoms with Crippen LogP contribution in [-0.2, 0) is 10.2 Å². The number of para-hydroxylation sites is 1. The topological polar surface area (TPSA) is 109 Å². The van der Waals surface area contributed by atoms with E-state index in [1.165, 1.54) is 0 Å². The number of nitrogens with one attached hydrogen (secondary N) is 3. The second-order valence-corrected chi connectivity index (χ2v) is 13.2. The van der Waals surface area contributed by atoms with Crippen LogP contribution in [0, 0.1) is 0 Å². The van der Waals surface area contributed by atoms with Gasteiger partial charge >= 0.3 is 12.2 Å². The molecule has 48 heavy (non-hydrogen) atoms. The van der Waals surface area contributed by atoms with Crippen LogP contribution < -0.4 is 31.3 Å². The van der Waals surface area contributed by atoms with Crippen LogP contribution in [0.15, 0.2) is 66.7 Å². The van der Waals surface area contributed by atoms with Gasteiger partial charge in [-0.2, -0.15) is 13.2 Å². The van der Waals surface area contributed by atoms with Crippen molar-refractivity contribution in [1.29, 1.82) is 0 Å². The van der Waals surface area contributed by atoms with Crippen LogP contribution in [-0.4, -0.2) is 50.9 Å². The third-order valence-electron chi connectivity index (χ3n) is 8.85. The van der Waals surface area contributed by atoms with Crippen molar-refractivity contribution in [2.45, 2.75) is 76.8 Å². The second kappa shape index (κ2) is 16.1. The molecule has 0 aliphatic carbocycles. The molecule has 1 saturated heterocycles. The molecule has 260 valence electrons. The number of ether oxygens (including phenoxy) is 1. The number of alkyl halides is 3. The van der Waals surface area contributed by atoms with Crippen LogP contribution >= 0.6 is 0 Å². The van der Waals surface area contributed by atoms with E-state index in [0.717, 1.165) is 54.0 Å². The fraction of sp³-hybridized carbons (Fsp3) is 0.459. The van der Waals surface area contributed by atoms with E-state index in [1.807, 2.05) is 48.5 Å². The number of hydrogen-bond donors (Lipinski definition) is 4. The number of piperidine rings is 1. The van der Waals surface area contributed by atoms with Crippen LogP contribution in [0.1, 0.15) is 81.9 Å². The predicted molar refractivity (Wildman–Crippen MR) is 186 cm³/mol. The molecule has 11 heteroatoms. The molecular weight excluding hydrogens is 619 g/mol. The first-order chi connectivity index (χ1) is 22.8. The quantitative estimate of drug-likeness (QED) is 0.110. The fourth-order valence-electron chi connectivity index (χ4n) is 6.22. The summed E-state index contributed by atoms with van der Waals surface area (Å²) in [6, 6.07) is 21.6. The normalized spacial score (nSPS) is 14.6. The van der Waals surface area contributed by atoms with Gasteiger partial charge in [0.2, 0.25) is 5.91 Å². The van der Waals surface area contributed by atoms with Crippen molar-refractivity contribution < 1.29 is 27.5 Å². The Morgan fingerprint density at radius 2 is 1.56 bits per heavy atom. The third kappa shape index (κ3) is 10.0. The van der Waals surface area contributed by atoms with E-state index in [-0.39, 0.29) is 36.4 Å². The van der Waals surface area contributed by atoms with Crippen LogP contribution in [0.2, 0.25) is 0 Å². The molecule has 0 radical (unpaired) electrons. The lowest BCUT2D eigenvalue weighted by Gasteiger charge is -2.43. The standard InChI is InChI=1S/C37H48F3N5O3/c1-25(2)31-21-28(41)22-32(26(3)4)34(31)44-35(47)43-24-36(14-17-45(18-15-36)29-11-6-5-7-12-29)27-10-8-13-30(20-27)48-19-9-16-42-33(46)23-37(38,39)40/h5-8,10-13,20-22,25-26H,9,14-19,23-24,41H2,1-4H3,(H,42,46)(H2,43,44,47). The lowest BCUT2D eigenvalue weighted by Crippen LogP contribution is -2.49. The summed E-state index contributed by atoms with van der Waals surface area (Å²) in [7, 11) is 0. The number of benzene rings is 3. The summed E-state index contributed by atoms with van der Waals surface area (Å²) in [6.07, 6.45) is -4.10. The molecule has 1 fully saturated rings. The van der Waals surface area contributed by atoms with Crippen molar-refractivity contribution in [3.63, 3.8) is 0 Å². The van der Waals surface area contributed by atoms with E-state index >= 15 is 0 Å². The average Bonchev–Trinajstić information content (AvgIpc) is 3.04. The minimum Gasteiger partial charge on any atom is -0.494 e. The van der Waals surface area contributed by atoms with Gasteiger partial charge in [-0.1, -0.05) is 58.0 Å². The highest BCUT2D eigenvalue weighted by Gasteiger charge is 2.37. The maximum atomic E-state index is 13.6. The molecule has 0 saturated carbocycles. The number of nitrogens with zero attached hydrogens (tertiary/aromatic N) is 1. The Balaban J connectivity index is 1.48. The Hall–Kier alpha value is -4.41. The van der Waals surface area contributed by atoms with Gasteiger partial charge < -0.3 is 31.3 Å². The zero-order valence-electron chi connectivity index (χ0n) is 28.3. The van der Waals surface area contributed by atoms with Crippen molar-refractivity contribution in [2.24, 2.45) is 0 Å². The number of nitrogens with two attached hydrogens (primary N) is 1. The Bertz CT molecular complexity index is 1490. The zero-order valence-corrected chi connectivity index (χ0v) is 28.3. The van der Waals surface area contributed by atoms with E-state index < -0.39 is 18.5 Å². The Morgan fingerprint density at radius 1 is 0.917 bits per heavy atom. The van der Waals surface area contributed by atoms with Crippen molar-refractivity contribution >= 4 is 29.0 Å². The van der Waals surface area contributed by atoms with Gasteiger partial charge in [0, 0.05) is 48.7 Å². The summed E-state index contributed by atoms with van der Waals surface area (Å²) >= 11 is 0. The highest BCUT2D eigenvalue weighted by atomic mass is 19.4. The number of nitrogen functional groups attached to an aromatic ring is 1. The molecule has 1 aliphatic rings. The van der Waals surface area contributed by atoms with E-state index in [1.54, 1.807) is 0 Å². The molecule has 8 nitrogen and oxygen atoms in total. The minimum absolute atomic E-state index is 0.0813. The first-order valence-corrected chi connectivity index (χ1v) is 16.6. The van der Waals surface area contributed by atoms with Crippen molar-refractivity contribution in [3.05, 3.63) is 83.4 Å². The van der Waals surface area contributed by atoms with Crippen LogP contribution in [0.4, 0.5) is 35.0 Å². The zero-order chi connectivity index (χ0) is 34.9.